The summed E-state index contributed by atoms with van der Waals surface area (Å²) in [6.07, 6.45) is 1.90. The van der Waals surface area contributed by atoms with Crippen LogP contribution in [0.25, 0.3) is 10.9 Å². The van der Waals surface area contributed by atoms with Gasteiger partial charge in [-0.25, -0.2) is 0 Å². The van der Waals surface area contributed by atoms with Gasteiger partial charge >= 0.3 is 0 Å². The van der Waals surface area contributed by atoms with Crippen molar-refractivity contribution in [2.75, 3.05) is 5.32 Å². The van der Waals surface area contributed by atoms with Gasteiger partial charge in [0.25, 0.3) is 0 Å². The summed E-state index contributed by atoms with van der Waals surface area (Å²) < 4.78 is 2.34. The van der Waals surface area contributed by atoms with Gasteiger partial charge in [-0.15, -0.1) is 0 Å². The molecular weight excluding hydrogens is 258 g/mol. The second-order valence-electron chi connectivity index (χ2n) is 5.41. The first-order valence-electron chi connectivity index (χ1n) is 7.43. The lowest BCUT2D eigenvalue weighted by molar-refractivity contribution is 0.715. The Kier molecular flexibility index (Phi) is 3.65. The zero-order valence-electron chi connectivity index (χ0n) is 12.9. The second-order valence-corrected chi connectivity index (χ2v) is 5.41. The zero-order valence-corrected chi connectivity index (χ0v) is 12.9. The van der Waals surface area contributed by atoms with Crippen LogP contribution in [0.3, 0.4) is 0 Å². The number of anilines is 1. The van der Waals surface area contributed by atoms with Crippen LogP contribution in [-0.2, 0) is 13.1 Å². The van der Waals surface area contributed by atoms with Crippen LogP contribution in [0.5, 0.6) is 0 Å². The van der Waals surface area contributed by atoms with E-state index in [0.717, 1.165) is 24.3 Å². The van der Waals surface area contributed by atoms with Gasteiger partial charge in [-0.05, 0) is 44.5 Å². The summed E-state index contributed by atoms with van der Waals surface area (Å²) in [5, 5.41) is 4.65. The van der Waals surface area contributed by atoms with E-state index in [9.17, 15) is 0 Å². The van der Waals surface area contributed by atoms with E-state index in [-0.39, 0.29) is 0 Å². The highest BCUT2D eigenvalue weighted by atomic mass is 15.0. The first-order valence-corrected chi connectivity index (χ1v) is 7.43. The fourth-order valence-corrected chi connectivity index (χ4v) is 2.90. The molecule has 3 heteroatoms. The monoisotopic (exact) mass is 279 g/mol. The molecule has 3 rings (SSSR count). The van der Waals surface area contributed by atoms with Gasteiger partial charge in [0.05, 0.1) is 17.4 Å². The molecule has 0 aliphatic carbocycles. The molecule has 0 bridgehead atoms. The van der Waals surface area contributed by atoms with Gasteiger partial charge in [0.1, 0.15) is 0 Å². The number of hydrogen-bond donors (Lipinski definition) is 1. The Morgan fingerprint density at radius 3 is 2.71 bits per heavy atom. The van der Waals surface area contributed by atoms with Crippen LogP contribution in [-0.4, -0.2) is 9.55 Å². The smallest absolute Gasteiger partial charge is 0.0703 e. The van der Waals surface area contributed by atoms with E-state index >= 15 is 0 Å². The number of benzene rings is 1. The van der Waals surface area contributed by atoms with Crippen molar-refractivity contribution in [1.29, 1.82) is 0 Å². The summed E-state index contributed by atoms with van der Waals surface area (Å²) in [4.78, 5) is 4.49. The first-order chi connectivity index (χ1) is 10.2. The standard InChI is InChI=1S/C18H21N3/c1-4-21-13(2)9-16(14(21)3)11-19-17-10-15-7-5-6-8-18(15)20-12-17/h5-10,12,19H,4,11H2,1-3H3. The Balaban J connectivity index is 1.80. The fraction of sp³-hybridized carbons (Fsp3) is 0.278. The summed E-state index contributed by atoms with van der Waals surface area (Å²) in [5.74, 6) is 0. The van der Waals surface area contributed by atoms with Crippen LogP contribution >= 0.6 is 0 Å². The number of nitrogens with zero attached hydrogens (tertiary/aromatic N) is 2. The third-order valence-electron chi connectivity index (χ3n) is 4.07. The number of nitrogens with one attached hydrogen (secondary N) is 1. The highest BCUT2D eigenvalue weighted by Gasteiger charge is 2.07. The largest absolute Gasteiger partial charge is 0.380 e. The number of para-hydroxylation sites is 1. The number of aromatic nitrogens is 2. The van der Waals surface area contributed by atoms with E-state index in [0.29, 0.717) is 0 Å². The molecule has 1 aromatic carbocycles. The Morgan fingerprint density at radius 1 is 1.14 bits per heavy atom. The highest BCUT2D eigenvalue weighted by molar-refractivity contribution is 5.81. The third-order valence-corrected chi connectivity index (χ3v) is 4.07. The van der Waals surface area contributed by atoms with Crippen molar-refractivity contribution in [3.8, 4) is 0 Å². The number of fused-ring (bicyclic) bond motifs is 1. The summed E-state index contributed by atoms with van der Waals surface area (Å²) in [5.41, 5.74) is 6.12. The maximum absolute atomic E-state index is 4.49. The molecule has 0 spiro atoms. The number of hydrogen-bond acceptors (Lipinski definition) is 2. The van der Waals surface area contributed by atoms with E-state index < -0.39 is 0 Å². The van der Waals surface area contributed by atoms with E-state index in [4.69, 9.17) is 0 Å². The van der Waals surface area contributed by atoms with E-state index in [2.05, 4.69) is 53.8 Å². The van der Waals surface area contributed by atoms with Crippen molar-refractivity contribution in [2.45, 2.75) is 33.9 Å². The Bertz CT molecular complexity index is 771. The number of rotatable bonds is 4. The molecule has 1 N–H and O–H groups in total. The third kappa shape index (κ3) is 2.64. The Hall–Kier alpha value is -2.29. The summed E-state index contributed by atoms with van der Waals surface area (Å²) >= 11 is 0. The molecule has 0 aliphatic heterocycles. The molecule has 21 heavy (non-hydrogen) atoms. The second kappa shape index (κ2) is 5.60. The van der Waals surface area contributed by atoms with Crippen molar-refractivity contribution in [1.82, 2.24) is 9.55 Å². The zero-order chi connectivity index (χ0) is 14.8. The van der Waals surface area contributed by atoms with Gasteiger partial charge in [-0.1, -0.05) is 18.2 Å². The molecule has 0 saturated heterocycles. The Morgan fingerprint density at radius 2 is 1.95 bits per heavy atom. The van der Waals surface area contributed by atoms with Gasteiger partial charge in [-0.3, -0.25) is 4.98 Å². The average molecular weight is 279 g/mol. The minimum atomic E-state index is 0.833. The lowest BCUT2D eigenvalue weighted by Crippen LogP contribution is -2.03. The molecule has 0 amide bonds. The molecule has 3 aromatic rings. The lowest BCUT2D eigenvalue weighted by Gasteiger charge is -2.08. The van der Waals surface area contributed by atoms with E-state index in [1.807, 2.05) is 24.4 Å². The molecule has 0 atom stereocenters. The number of aryl methyl sites for hydroxylation is 1. The average Bonchev–Trinajstić information content (AvgIpc) is 2.78. The summed E-state index contributed by atoms with van der Waals surface area (Å²) in [6.45, 7) is 8.39. The molecule has 0 unspecified atom stereocenters. The van der Waals surface area contributed by atoms with Gasteiger partial charge in [0, 0.05) is 29.9 Å². The predicted octanol–water partition coefficient (Wildman–Crippen LogP) is 4.29. The maximum atomic E-state index is 4.49. The summed E-state index contributed by atoms with van der Waals surface area (Å²) in [6, 6.07) is 12.6. The van der Waals surface area contributed by atoms with Crippen LogP contribution in [0.4, 0.5) is 5.69 Å². The summed E-state index contributed by atoms with van der Waals surface area (Å²) in [7, 11) is 0. The van der Waals surface area contributed by atoms with Crippen molar-refractivity contribution in [3.05, 3.63) is 59.5 Å². The molecule has 2 heterocycles. The molecule has 108 valence electrons. The molecule has 0 saturated carbocycles. The predicted molar refractivity (Wildman–Crippen MR) is 88.6 cm³/mol. The minimum Gasteiger partial charge on any atom is -0.380 e. The van der Waals surface area contributed by atoms with Crippen LogP contribution in [0.2, 0.25) is 0 Å². The molecule has 0 aliphatic rings. The molecule has 2 aromatic heterocycles. The molecule has 0 fully saturated rings. The molecular formula is C18H21N3. The van der Waals surface area contributed by atoms with Crippen LogP contribution in [0.15, 0.2) is 42.6 Å². The van der Waals surface area contributed by atoms with E-state index in [1.54, 1.807) is 0 Å². The molecule has 3 nitrogen and oxygen atoms in total. The minimum absolute atomic E-state index is 0.833. The Labute approximate surface area is 125 Å². The molecule has 0 radical (unpaired) electrons. The topological polar surface area (TPSA) is 29.9 Å². The first kappa shape index (κ1) is 13.7. The normalized spacial score (nSPS) is 11.0. The van der Waals surface area contributed by atoms with Gasteiger partial charge in [0.15, 0.2) is 0 Å². The fourth-order valence-electron chi connectivity index (χ4n) is 2.90. The van der Waals surface area contributed by atoms with Gasteiger partial charge in [-0.2, -0.15) is 0 Å². The van der Waals surface area contributed by atoms with Gasteiger partial charge in [0.2, 0.25) is 0 Å². The van der Waals surface area contributed by atoms with Crippen molar-refractivity contribution < 1.29 is 0 Å². The van der Waals surface area contributed by atoms with Crippen LogP contribution < -0.4 is 5.32 Å². The van der Waals surface area contributed by atoms with Crippen LogP contribution in [0.1, 0.15) is 23.9 Å². The van der Waals surface area contributed by atoms with Crippen molar-refractivity contribution in [2.24, 2.45) is 0 Å². The number of pyridine rings is 1. The van der Waals surface area contributed by atoms with Crippen LogP contribution in [0, 0.1) is 13.8 Å². The SMILES string of the molecule is CCn1c(C)cc(CNc2cnc3ccccc3c2)c1C. The quantitative estimate of drug-likeness (QED) is 0.772. The van der Waals surface area contributed by atoms with Crippen molar-refractivity contribution >= 4 is 16.6 Å². The highest BCUT2D eigenvalue weighted by Crippen LogP contribution is 2.19. The maximum Gasteiger partial charge on any atom is 0.0703 e. The van der Waals surface area contributed by atoms with Gasteiger partial charge < -0.3 is 9.88 Å². The van der Waals surface area contributed by atoms with Crippen molar-refractivity contribution in [3.63, 3.8) is 0 Å². The lowest BCUT2D eigenvalue weighted by atomic mass is 10.2. The van der Waals surface area contributed by atoms with E-state index in [1.165, 1.54) is 22.3 Å².